The van der Waals surface area contributed by atoms with Gasteiger partial charge >= 0.3 is 0 Å². The predicted octanol–water partition coefficient (Wildman–Crippen LogP) is 1.99. The van der Waals surface area contributed by atoms with Gasteiger partial charge in [-0.15, -0.1) is 0 Å². The topological polar surface area (TPSA) is 27.3 Å². The van der Waals surface area contributed by atoms with E-state index in [2.05, 4.69) is 45.9 Å². The van der Waals surface area contributed by atoms with E-state index in [4.69, 9.17) is 0 Å². The smallest absolute Gasteiger partial charge is 0.0208 e. The van der Waals surface area contributed by atoms with Crippen LogP contribution in [0.3, 0.4) is 0 Å². The summed E-state index contributed by atoms with van der Waals surface area (Å²) in [5.41, 5.74) is 1.40. The van der Waals surface area contributed by atoms with Gasteiger partial charge in [-0.1, -0.05) is 30.3 Å². The third kappa shape index (κ3) is 3.81. The van der Waals surface area contributed by atoms with Gasteiger partial charge in [-0.05, 0) is 31.2 Å². The van der Waals surface area contributed by atoms with Gasteiger partial charge in [0.25, 0.3) is 0 Å². The Labute approximate surface area is 122 Å². The average molecular weight is 273 g/mol. The Morgan fingerprint density at radius 3 is 2.40 bits per heavy atom. The molecular weight excluding hydrogens is 246 g/mol. The number of piperazine rings is 1. The van der Waals surface area contributed by atoms with Crippen LogP contribution in [-0.4, -0.2) is 43.2 Å². The summed E-state index contributed by atoms with van der Waals surface area (Å²) in [6.45, 7) is 5.85. The second-order valence-electron chi connectivity index (χ2n) is 6.16. The van der Waals surface area contributed by atoms with E-state index in [0.29, 0.717) is 0 Å². The average Bonchev–Trinajstić information content (AvgIpc) is 2.55. The summed E-state index contributed by atoms with van der Waals surface area (Å²) >= 11 is 0. The standard InChI is InChI=1S/C17H27N3/c1-2-4-15(5-3-1)14-19-16-6-8-17(9-7-16)20-12-10-18-11-13-20/h1-5,16-19H,6-14H2. The molecule has 0 aromatic heterocycles. The quantitative estimate of drug-likeness (QED) is 0.878. The van der Waals surface area contributed by atoms with E-state index >= 15 is 0 Å². The zero-order chi connectivity index (χ0) is 13.6. The van der Waals surface area contributed by atoms with Crippen molar-refractivity contribution in [2.45, 2.75) is 44.3 Å². The molecule has 0 amide bonds. The van der Waals surface area contributed by atoms with Gasteiger partial charge in [-0.3, -0.25) is 4.90 Å². The molecule has 2 fully saturated rings. The first kappa shape index (κ1) is 14.1. The van der Waals surface area contributed by atoms with Gasteiger partial charge < -0.3 is 10.6 Å². The molecule has 0 unspecified atom stereocenters. The summed E-state index contributed by atoms with van der Waals surface area (Å²) in [5.74, 6) is 0. The fourth-order valence-electron chi connectivity index (χ4n) is 3.55. The first-order chi connectivity index (χ1) is 9.92. The van der Waals surface area contributed by atoms with Crippen LogP contribution in [0, 0.1) is 0 Å². The molecule has 0 atom stereocenters. The third-order valence-corrected chi connectivity index (χ3v) is 4.80. The molecule has 1 aromatic carbocycles. The first-order valence-electron chi connectivity index (χ1n) is 8.14. The van der Waals surface area contributed by atoms with Gasteiger partial charge in [-0.2, -0.15) is 0 Å². The lowest BCUT2D eigenvalue weighted by atomic mass is 9.89. The maximum atomic E-state index is 3.73. The summed E-state index contributed by atoms with van der Waals surface area (Å²) in [6.07, 6.45) is 5.40. The second kappa shape index (κ2) is 7.21. The maximum Gasteiger partial charge on any atom is 0.0208 e. The molecule has 20 heavy (non-hydrogen) atoms. The van der Waals surface area contributed by atoms with E-state index in [9.17, 15) is 0 Å². The Morgan fingerprint density at radius 1 is 1.00 bits per heavy atom. The molecule has 1 aliphatic heterocycles. The van der Waals surface area contributed by atoms with Crippen LogP contribution in [0.15, 0.2) is 30.3 Å². The van der Waals surface area contributed by atoms with Crippen LogP contribution in [0.2, 0.25) is 0 Å². The van der Waals surface area contributed by atoms with Gasteiger partial charge in [0.2, 0.25) is 0 Å². The lowest BCUT2D eigenvalue weighted by Crippen LogP contribution is -2.50. The van der Waals surface area contributed by atoms with Gasteiger partial charge in [0.05, 0.1) is 0 Å². The van der Waals surface area contributed by atoms with E-state index in [1.165, 1.54) is 57.4 Å². The minimum atomic E-state index is 0.717. The molecule has 0 bridgehead atoms. The fourth-order valence-corrected chi connectivity index (χ4v) is 3.55. The highest BCUT2D eigenvalue weighted by atomic mass is 15.2. The number of nitrogens with zero attached hydrogens (tertiary/aromatic N) is 1. The molecule has 3 rings (SSSR count). The molecule has 3 heteroatoms. The molecule has 1 saturated heterocycles. The molecule has 1 aliphatic carbocycles. The molecule has 2 N–H and O–H groups in total. The highest BCUT2D eigenvalue weighted by Gasteiger charge is 2.26. The molecule has 2 aliphatic rings. The number of rotatable bonds is 4. The van der Waals surface area contributed by atoms with Crippen molar-refractivity contribution in [1.82, 2.24) is 15.5 Å². The van der Waals surface area contributed by atoms with E-state index < -0.39 is 0 Å². The van der Waals surface area contributed by atoms with Crippen molar-refractivity contribution in [2.75, 3.05) is 26.2 Å². The Bertz CT molecular complexity index is 378. The van der Waals surface area contributed by atoms with Crippen molar-refractivity contribution in [2.24, 2.45) is 0 Å². The highest BCUT2D eigenvalue weighted by Crippen LogP contribution is 2.23. The van der Waals surface area contributed by atoms with Crippen LogP contribution in [0.1, 0.15) is 31.2 Å². The summed E-state index contributed by atoms with van der Waals surface area (Å²) < 4.78 is 0. The number of benzene rings is 1. The zero-order valence-electron chi connectivity index (χ0n) is 12.4. The van der Waals surface area contributed by atoms with E-state index in [1.807, 2.05) is 0 Å². The zero-order valence-corrected chi connectivity index (χ0v) is 12.4. The van der Waals surface area contributed by atoms with Crippen molar-refractivity contribution in [3.8, 4) is 0 Å². The van der Waals surface area contributed by atoms with Crippen molar-refractivity contribution in [3.05, 3.63) is 35.9 Å². The summed E-state index contributed by atoms with van der Waals surface area (Å²) in [7, 11) is 0. The Balaban J connectivity index is 1.40. The van der Waals surface area contributed by atoms with Crippen molar-refractivity contribution in [1.29, 1.82) is 0 Å². The Hall–Kier alpha value is -0.900. The Morgan fingerprint density at radius 2 is 1.70 bits per heavy atom. The number of hydrogen-bond donors (Lipinski definition) is 2. The lowest BCUT2D eigenvalue weighted by Gasteiger charge is -2.39. The van der Waals surface area contributed by atoms with Crippen LogP contribution in [0.5, 0.6) is 0 Å². The SMILES string of the molecule is c1ccc(CNC2CCC(N3CCNCC3)CC2)cc1. The number of nitrogens with one attached hydrogen (secondary N) is 2. The van der Waals surface area contributed by atoms with Crippen LogP contribution < -0.4 is 10.6 Å². The van der Waals surface area contributed by atoms with Crippen LogP contribution in [0.25, 0.3) is 0 Å². The third-order valence-electron chi connectivity index (χ3n) is 4.80. The van der Waals surface area contributed by atoms with Crippen LogP contribution in [0.4, 0.5) is 0 Å². The first-order valence-corrected chi connectivity index (χ1v) is 8.14. The van der Waals surface area contributed by atoms with Crippen LogP contribution in [-0.2, 0) is 6.54 Å². The summed E-state index contributed by atoms with van der Waals surface area (Å²) in [4.78, 5) is 2.70. The largest absolute Gasteiger partial charge is 0.314 e. The normalized spacial score (nSPS) is 28.4. The molecule has 0 spiro atoms. The van der Waals surface area contributed by atoms with Crippen molar-refractivity contribution in [3.63, 3.8) is 0 Å². The lowest BCUT2D eigenvalue weighted by molar-refractivity contribution is 0.128. The fraction of sp³-hybridized carbons (Fsp3) is 0.647. The molecule has 1 heterocycles. The van der Waals surface area contributed by atoms with Gasteiger partial charge in [-0.25, -0.2) is 0 Å². The van der Waals surface area contributed by atoms with Gasteiger partial charge in [0.1, 0.15) is 0 Å². The van der Waals surface area contributed by atoms with Gasteiger partial charge in [0.15, 0.2) is 0 Å². The molecule has 3 nitrogen and oxygen atoms in total. The van der Waals surface area contributed by atoms with E-state index in [1.54, 1.807) is 0 Å². The van der Waals surface area contributed by atoms with E-state index in [-0.39, 0.29) is 0 Å². The molecule has 0 radical (unpaired) electrons. The van der Waals surface area contributed by atoms with Gasteiger partial charge in [0, 0.05) is 44.8 Å². The van der Waals surface area contributed by atoms with Crippen molar-refractivity contribution < 1.29 is 0 Å². The molecule has 110 valence electrons. The van der Waals surface area contributed by atoms with Crippen LogP contribution >= 0.6 is 0 Å². The van der Waals surface area contributed by atoms with E-state index in [0.717, 1.165) is 18.6 Å². The monoisotopic (exact) mass is 273 g/mol. The summed E-state index contributed by atoms with van der Waals surface area (Å²) in [6, 6.07) is 12.3. The predicted molar refractivity (Wildman–Crippen MR) is 83.8 cm³/mol. The Kier molecular flexibility index (Phi) is 5.06. The maximum absolute atomic E-state index is 3.73. The minimum absolute atomic E-state index is 0.717. The molecule has 1 saturated carbocycles. The number of hydrogen-bond acceptors (Lipinski definition) is 3. The molecular formula is C17H27N3. The second-order valence-corrected chi connectivity index (χ2v) is 6.16. The highest BCUT2D eigenvalue weighted by molar-refractivity contribution is 5.14. The van der Waals surface area contributed by atoms with Crippen molar-refractivity contribution >= 4 is 0 Å². The summed E-state index contributed by atoms with van der Waals surface area (Å²) in [5, 5.41) is 7.18. The molecule has 1 aromatic rings. The minimum Gasteiger partial charge on any atom is -0.314 e.